The normalized spacial score (nSPS) is 23.9. The van der Waals surface area contributed by atoms with E-state index < -0.39 is 24.1 Å². The van der Waals surface area contributed by atoms with E-state index in [9.17, 15) is 9.90 Å². The highest BCUT2D eigenvalue weighted by molar-refractivity contribution is 5.55. The van der Waals surface area contributed by atoms with Crippen molar-refractivity contribution in [2.24, 2.45) is 0 Å². The van der Waals surface area contributed by atoms with E-state index in [0.717, 1.165) is 11.3 Å². The molecule has 1 aliphatic rings. The molecule has 2 heterocycles. The lowest BCUT2D eigenvalue weighted by Crippen LogP contribution is -2.27. The van der Waals surface area contributed by atoms with Gasteiger partial charge < -0.3 is 20.3 Å². The lowest BCUT2D eigenvalue weighted by Gasteiger charge is -2.14. The number of aromatic nitrogens is 2. The second kappa shape index (κ2) is 6.49. The molecule has 0 bridgehead atoms. The highest BCUT2D eigenvalue weighted by Gasteiger charge is 2.34. The first-order chi connectivity index (χ1) is 11.1. The van der Waals surface area contributed by atoms with E-state index in [1.165, 1.54) is 4.57 Å². The summed E-state index contributed by atoms with van der Waals surface area (Å²) in [5.41, 5.74) is 1.51. The van der Waals surface area contributed by atoms with Crippen LogP contribution in [0.3, 0.4) is 0 Å². The molecule has 1 aromatic carbocycles. The van der Waals surface area contributed by atoms with Gasteiger partial charge in [-0.1, -0.05) is 17.7 Å². The fourth-order valence-electron chi connectivity index (χ4n) is 2.54. The summed E-state index contributed by atoms with van der Waals surface area (Å²) in [6, 6.07) is 9.41. The molecule has 1 aliphatic heterocycles. The Balaban J connectivity index is 1.76. The first kappa shape index (κ1) is 15.7. The van der Waals surface area contributed by atoms with Crippen molar-refractivity contribution >= 4 is 11.5 Å². The van der Waals surface area contributed by atoms with Crippen LogP contribution in [0.15, 0.2) is 41.3 Å². The summed E-state index contributed by atoms with van der Waals surface area (Å²) in [6.07, 6.45) is -0.254. The lowest BCUT2D eigenvalue weighted by atomic mass is 10.2. The molecule has 0 aliphatic carbocycles. The van der Waals surface area contributed by atoms with E-state index in [4.69, 9.17) is 9.84 Å². The van der Waals surface area contributed by atoms with Crippen LogP contribution in [0.25, 0.3) is 0 Å². The molecule has 3 atom stereocenters. The van der Waals surface area contributed by atoms with Gasteiger partial charge in [0.1, 0.15) is 18.1 Å². The third-order valence-corrected chi connectivity index (χ3v) is 3.85. The van der Waals surface area contributed by atoms with Gasteiger partial charge in [0, 0.05) is 18.3 Å². The van der Waals surface area contributed by atoms with Gasteiger partial charge in [-0.15, -0.1) is 0 Å². The van der Waals surface area contributed by atoms with E-state index in [1.54, 1.807) is 12.3 Å². The average Bonchev–Trinajstić information content (AvgIpc) is 2.90. The quantitative estimate of drug-likeness (QED) is 0.776. The van der Waals surface area contributed by atoms with Gasteiger partial charge in [0.05, 0.1) is 12.7 Å². The zero-order chi connectivity index (χ0) is 16.4. The molecule has 3 N–H and O–H groups in total. The van der Waals surface area contributed by atoms with Crippen molar-refractivity contribution in [3.05, 3.63) is 52.6 Å². The maximum atomic E-state index is 12.2. The Bertz CT molecular complexity index is 729. The van der Waals surface area contributed by atoms with Crippen molar-refractivity contribution < 1.29 is 14.9 Å². The third-order valence-electron chi connectivity index (χ3n) is 3.85. The summed E-state index contributed by atoms with van der Waals surface area (Å²) in [5.74, 6) is 0.437. The Morgan fingerprint density at radius 3 is 2.70 bits per heavy atom. The monoisotopic (exact) mass is 317 g/mol. The van der Waals surface area contributed by atoms with Crippen LogP contribution in [0.2, 0.25) is 0 Å². The van der Waals surface area contributed by atoms with Crippen molar-refractivity contribution in [3.63, 3.8) is 0 Å². The number of nitrogens with one attached hydrogen (secondary N) is 1. The second-order valence-corrected chi connectivity index (χ2v) is 5.61. The Morgan fingerprint density at radius 2 is 2.09 bits per heavy atom. The molecule has 7 nitrogen and oxygen atoms in total. The van der Waals surface area contributed by atoms with E-state index >= 15 is 0 Å². The smallest absolute Gasteiger partial charge is 0.351 e. The molecule has 1 saturated heterocycles. The lowest BCUT2D eigenvalue weighted by molar-refractivity contribution is -0.0458. The van der Waals surface area contributed by atoms with Crippen LogP contribution in [0.4, 0.5) is 11.5 Å². The van der Waals surface area contributed by atoms with Crippen molar-refractivity contribution in [1.29, 1.82) is 0 Å². The Hall–Kier alpha value is -2.22. The Morgan fingerprint density at radius 1 is 1.35 bits per heavy atom. The molecule has 0 spiro atoms. The van der Waals surface area contributed by atoms with Crippen molar-refractivity contribution in [2.45, 2.75) is 31.8 Å². The zero-order valence-electron chi connectivity index (χ0n) is 12.7. The molecular formula is C16H19N3O4. The molecule has 0 unspecified atom stereocenters. The molecule has 3 rings (SSSR count). The number of ether oxygens (including phenoxy) is 1. The minimum Gasteiger partial charge on any atom is -0.394 e. The third kappa shape index (κ3) is 3.42. The predicted octanol–water partition coefficient (Wildman–Crippen LogP) is 0.936. The zero-order valence-corrected chi connectivity index (χ0v) is 12.7. The number of rotatable bonds is 4. The van der Waals surface area contributed by atoms with Gasteiger partial charge in [0.25, 0.3) is 0 Å². The first-order valence-electron chi connectivity index (χ1n) is 7.44. The molecule has 23 heavy (non-hydrogen) atoms. The minimum absolute atomic E-state index is 0.248. The number of nitrogens with zero attached hydrogens (tertiary/aromatic N) is 2. The number of aliphatic hydroxyl groups excluding tert-OH is 2. The minimum atomic E-state index is -0.790. The van der Waals surface area contributed by atoms with Crippen LogP contribution in [-0.2, 0) is 4.74 Å². The summed E-state index contributed by atoms with van der Waals surface area (Å²) >= 11 is 0. The summed E-state index contributed by atoms with van der Waals surface area (Å²) in [4.78, 5) is 16.1. The fourth-order valence-corrected chi connectivity index (χ4v) is 2.54. The van der Waals surface area contributed by atoms with Gasteiger partial charge in [-0.25, -0.2) is 4.79 Å². The molecular weight excluding hydrogens is 298 g/mol. The van der Waals surface area contributed by atoms with Gasteiger partial charge in [0.2, 0.25) is 0 Å². The summed E-state index contributed by atoms with van der Waals surface area (Å²) in [5, 5.41) is 21.9. The van der Waals surface area contributed by atoms with Crippen LogP contribution in [0.5, 0.6) is 0 Å². The Kier molecular flexibility index (Phi) is 4.42. The highest BCUT2D eigenvalue weighted by atomic mass is 16.5. The molecule has 1 fully saturated rings. The standard InChI is InChI=1S/C16H19N3O4/c1-10-2-4-11(5-3-10)17-14-6-7-19(16(22)18-14)15-8-12(21)13(9-20)23-15/h2-7,12-13,15,20-21H,8-9H2,1H3,(H,17,18,22)/t12-,13+,15+/m0/s1. The van der Waals surface area contributed by atoms with Gasteiger partial charge in [0.15, 0.2) is 0 Å². The summed E-state index contributed by atoms with van der Waals surface area (Å²) in [6.45, 7) is 1.71. The molecule has 1 aromatic heterocycles. The van der Waals surface area contributed by atoms with Gasteiger partial charge >= 0.3 is 5.69 Å². The van der Waals surface area contributed by atoms with Crippen LogP contribution in [-0.4, -0.2) is 38.6 Å². The number of aliphatic hydroxyl groups is 2. The average molecular weight is 317 g/mol. The predicted molar refractivity (Wildman–Crippen MR) is 84.6 cm³/mol. The largest absolute Gasteiger partial charge is 0.394 e. The fraction of sp³-hybridized carbons (Fsp3) is 0.375. The van der Waals surface area contributed by atoms with E-state index in [-0.39, 0.29) is 13.0 Å². The van der Waals surface area contributed by atoms with Crippen molar-refractivity contribution in [1.82, 2.24) is 9.55 Å². The van der Waals surface area contributed by atoms with Crippen molar-refractivity contribution in [2.75, 3.05) is 11.9 Å². The number of benzene rings is 1. The van der Waals surface area contributed by atoms with Crippen molar-refractivity contribution in [3.8, 4) is 0 Å². The number of hydrogen-bond acceptors (Lipinski definition) is 6. The molecule has 0 saturated carbocycles. The number of aryl methyl sites for hydroxylation is 1. The molecule has 2 aromatic rings. The van der Waals surface area contributed by atoms with Crippen LogP contribution in [0, 0.1) is 6.92 Å². The highest BCUT2D eigenvalue weighted by Crippen LogP contribution is 2.27. The summed E-state index contributed by atoms with van der Waals surface area (Å²) in [7, 11) is 0. The molecule has 122 valence electrons. The van der Waals surface area contributed by atoms with Gasteiger partial charge in [-0.3, -0.25) is 4.57 Å². The van der Waals surface area contributed by atoms with E-state index in [0.29, 0.717) is 5.82 Å². The SMILES string of the molecule is Cc1ccc(Nc2ccn([C@H]3C[C@H](O)[C@@H](CO)O3)c(=O)n2)cc1. The number of hydrogen-bond donors (Lipinski definition) is 3. The van der Waals surface area contributed by atoms with E-state index in [1.807, 2.05) is 31.2 Å². The maximum absolute atomic E-state index is 12.2. The summed E-state index contributed by atoms with van der Waals surface area (Å²) < 4.78 is 6.78. The van der Waals surface area contributed by atoms with Gasteiger partial charge in [-0.05, 0) is 25.1 Å². The van der Waals surface area contributed by atoms with Gasteiger partial charge in [-0.2, -0.15) is 4.98 Å². The Labute approximate surface area is 133 Å². The van der Waals surface area contributed by atoms with E-state index in [2.05, 4.69) is 10.3 Å². The topological polar surface area (TPSA) is 96.6 Å². The molecule has 0 radical (unpaired) electrons. The van der Waals surface area contributed by atoms with Crippen LogP contribution in [0.1, 0.15) is 18.2 Å². The maximum Gasteiger partial charge on any atom is 0.351 e. The first-order valence-corrected chi connectivity index (χ1v) is 7.44. The molecule has 7 heteroatoms. The number of anilines is 2. The van der Waals surface area contributed by atoms with Crippen LogP contribution >= 0.6 is 0 Å². The second-order valence-electron chi connectivity index (χ2n) is 5.61. The van der Waals surface area contributed by atoms with Crippen LogP contribution < -0.4 is 11.0 Å². The molecule has 0 amide bonds.